The Bertz CT molecular complexity index is 356. The van der Waals surface area contributed by atoms with Gasteiger partial charge in [-0.25, -0.2) is 0 Å². The van der Waals surface area contributed by atoms with Crippen molar-refractivity contribution in [3.63, 3.8) is 0 Å². The van der Waals surface area contributed by atoms with Crippen LogP contribution in [0, 0.1) is 11.3 Å². The first-order valence-corrected chi connectivity index (χ1v) is 5.80. The third-order valence-electron chi connectivity index (χ3n) is 3.33. The number of aliphatic hydroxyl groups is 1. The highest BCUT2D eigenvalue weighted by molar-refractivity contribution is 5.56. The SMILES string of the molecule is C[C@@H]1CC=C(CCO)C2=CC(C)(C)C=C21. The summed E-state index contributed by atoms with van der Waals surface area (Å²) < 4.78 is 0. The molecule has 0 fully saturated rings. The summed E-state index contributed by atoms with van der Waals surface area (Å²) in [7, 11) is 0. The van der Waals surface area contributed by atoms with E-state index in [0.29, 0.717) is 5.92 Å². The highest BCUT2D eigenvalue weighted by Gasteiger charge is 2.29. The lowest BCUT2D eigenvalue weighted by Crippen LogP contribution is -2.08. The van der Waals surface area contributed by atoms with E-state index in [4.69, 9.17) is 5.11 Å². The van der Waals surface area contributed by atoms with Crippen LogP contribution >= 0.6 is 0 Å². The molecule has 0 radical (unpaired) electrons. The highest BCUT2D eigenvalue weighted by atomic mass is 16.2. The van der Waals surface area contributed by atoms with Crippen molar-refractivity contribution in [1.29, 1.82) is 0 Å². The number of aliphatic hydroxyl groups excluding tert-OH is 1. The molecule has 0 unspecified atom stereocenters. The number of allylic oxidation sites excluding steroid dienone is 5. The van der Waals surface area contributed by atoms with E-state index in [9.17, 15) is 0 Å². The molecule has 15 heavy (non-hydrogen) atoms. The Balaban J connectivity index is 2.37. The smallest absolute Gasteiger partial charge is 0.0471 e. The quantitative estimate of drug-likeness (QED) is 0.732. The normalized spacial score (nSPS) is 28.0. The van der Waals surface area contributed by atoms with Crippen molar-refractivity contribution in [3.8, 4) is 0 Å². The van der Waals surface area contributed by atoms with E-state index in [-0.39, 0.29) is 12.0 Å². The van der Waals surface area contributed by atoms with Crippen molar-refractivity contribution in [1.82, 2.24) is 0 Å². The molecule has 2 rings (SSSR count). The lowest BCUT2D eigenvalue weighted by molar-refractivity contribution is 0.299. The second kappa shape index (κ2) is 3.64. The molecular weight excluding hydrogens is 184 g/mol. The molecule has 0 aromatic rings. The first-order valence-electron chi connectivity index (χ1n) is 5.80. The van der Waals surface area contributed by atoms with Crippen molar-refractivity contribution in [2.24, 2.45) is 11.3 Å². The first kappa shape index (κ1) is 10.7. The Kier molecular flexibility index (Phi) is 2.59. The Labute approximate surface area is 92.2 Å². The summed E-state index contributed by atoms with van der Waals surface area (Å²) in [4.78, 5) is 0. The summed E-state index contributed by atoms with van der Waals surface area (Å²) in [6.45, 7) is 7.03. The van der Waals surface area contributed by atoms with Gasteiger partial charge in [-0.15, -0.1) is 0 Å². The van der Waals surface area contributed by atoms with Gasteiger partial charge in [-0.05, 0) is 35.5 Å². The molecule has 2 aliphatic rings. The molecule has 1 N–H and O–H groups in total. The van der Waals surface area contributed by atoms with Gasteiger partial charge in [0.05, 0.1) is 0 Å². The van der Waals surface area contributed by atoms with Crippen LogP contribution in [0.2, 0.25) is 0 Å². The Hall–Kier alpha value is -0.820. The molecule has 82 valence electrons. The molecule has 0 amide bonds. The molecule has 1 heteroatoms. The van der Waals surface area contributed by atoms with Gasteiger partial charge < -0.3 is 5.11 Å². The molecular formula is C14H20O. The summed E-state index contributed by atoms with van der Waals surface area (Å²) in [6, 6.07) is 0. The van der Waals surface area contributed by atoms with E-state index in [1.54, 1.807) is 0 Å². The second-order valence-electron chi connectivity index (χ2n) is 5.32. The van der Waals surface area contributed by atoms with Crippen molar-refractivity contribution in [2.45, 2.75) is 33.6 Å². The zero-order valence-corrected chi connectivity index (χ0v) is 9.88. The Morgan fingerprint density at radius 3 is 2.80 bits per heavy atom. The largest absolute Gasteiger partial charge is 0.396 e. The standard InChI is InChI=1S/C14H20O/c1-10-4-5-11(6-7-15)13-9-14(2,3)8-12(10)13/h5,8-10,15H,4,6-7H2,1-3H3/t10-/m1/s1. The van der Waals surface area contributed by atoms with Gasteiger partial charge in [0.2, 0.25) is 0 Å². The van der Waals surface area contributed by atoms with Crippen molar-refractivity contribution >= 4 is 0 Å². The van der Waals surface area contributed by atoms with Gasteiger partial charge >= 0.3 is 0 Å². The maximum Gasteiger partial charge on any atom is 0.0471 e. The van der Waals surface area contributed by atoms with Crippen molar-refractivity contribution in [3.05, 3.63) is 34.9 Å². The molecule has 2 aliphatic carbocycles. The first-order chi connectivity index (χ1) is 7.03. The van der Waals surface area contributed by atoms with Crippen LogP contribution < -0.4 is 0 Å². The number of rotatable bonds is 2. The molecule has 0 aromatic carbocycles. The highest BCUT2D eigenvalue weighted by Crippen LogP contribution is 2.44. The van der Waals surface area contributed by atoms with Gasteiger partial charge in [0, 0.05) is 12.0 Å². The molecule has 0 heterocycles. The van der Waals surface area contributed by atoms with Crippen LogP contribution in [0.3, 0.4) is 0 Å². The molecule has 0 aromatic heterocycles. The van der Waals surface area contributed by atoms with Gasteiger partial charge in [0.15, 0.2) is 0 Å². The molecule has 0 saturated carbocycles. The molecule has 0 spiro atoms. The minimum absolute atomic E-state index is 0.192. The summed E-state index contributed by atoms with van der Waals surface area (Å²) in [6.07, 6.45) is 8.95. The van der Waals surface area contributed by atoms with Crippen LogP contribution in [0.1, 0.15) is 33.6 Å². The van der Waals surface area contributed by atoms with E-state index in [1.807, 2.05) is 0 Å². The lowest BCUT2D eigenvalue weighted by atomic mass is 9.82. The minimum atomic E-state index is 0.192. The molecule has 0 bridgehead atoms. The predicted octanol–water partition coefficient (Wildman–Crippen LogP) is 3.23. The van der Waals surface area contributed by atoms with Gasteiger partial charge in [-0.1, -0.05) is 39.0 Å². The van der Waals surface area contributed by atoms with Gasteiger partial charge in [-0.3, -0.25) is 0 Å². The van der Waals surface area contributed by atoms with Crippen LogP contribution in [-0.4, -0.2) is 11.7 Å². The fraction of sp³-hybridized carbons (Fsp3) is 0.571. The zero-order valence-electron chi connectivity index (χ0n) is 9.88. The van der Waals surface area contributed by atoms with E-state index in [2.05, 4.69) is 39.0 Å². The van der Waals surface area contributed by atoms with Gasteiger partial charge in [-0.2, -0.15) is 0 Å². The van der Waals surface area contributed by atoms with Crippen LogP contribution in [-0.2, 0) is 0 Å². The third kappa shape index (κ3) is 1.93. The molecule has 1 nitrogen and oxygen atoms in total. The average Bonchev–Trinajstić information content (AvgIpc) is 2.47. The summed E-state index contributed by atoms with van der Waals surface area (Å²) in [5.74, 6) is 0.639. The fourth-order valence-corrected chi connectivity index (χ4v) is 2.57. The molecule has 0 aliphatic heterocycles. The van der Waals surface area contributed by atoms with Gasteiger partial charge in [0.25, 0.3) is 0 Å². The average molecular weight is 204 g/mol. The maximum atomic E-state index is 9.05. The Morgan fingerprint density at radius 1 is 1.40 bits per heavy atom. The predicted molar refractivity (Wildman–Crippen MR) is 63.5 cm³/mol. The van der Waals surface area contributed by atoms with Crippen molar-refractivity contribution in [2.75, 3.05) is 6.61 Å². The van der Waals surface area contributed by atoms with Crippen LogP contribution in [0.4, 0.5) is 0 Å². The summed E-state index contributed by atoms with van der Waals surface area (Å²) in [5.41, 5.74) is 4.42. The lowest BCUT2D eigenvalue weighted by Gasteiger charge is -2.23. The van der Waals surface area contributed by atoms with Crippen LogP contribution in [0.25, 0.3) is 0 Å². The van der Waals surface area contributed by atoms with E-state index in [1.165, 1.54) is 16.7 Å². The minimum Gasteiger partial charge on any atom is -0.396 e. The zero-order chi connectivity index (χ0) is 11.1. The number of fused-ring (bicyclic) bond motifs is 1. The van der Waals surface area contributed by atoms with Crippen molar-refractivity contribution < 1.29 is 5.11 Å². The number of hydrogen-bond donors (Lipinski definition) is 1. The second-order valence-corrected chi connectivity index (χ2v) is 5.32. The van der Waals surface area contributed by atoms with E-state index in [0.717, 1.165) is 12.8 Å². The monoisotopic (exact) mass is 204 g/mol. The fourth-order valence-electron chi connectivity index (χ4n) is 2.57. The van der Waals surface area contributed by atoms with Crippen LogP contribution in [0.15, 0.2) is 34.9 Å². The molecule has 0 saturated heterocycles. The maximum absolute atomic E-state index is 9.05. The summed E-state index contributed by atoms with van der Waals surface area (Å²) in [5, 5.41) is 9.05. The topological polar surface area (TPSA) is 20.2 Å². The summed E-state index contributed by atoms with van der Waals surface area (Å²) >= 11 is 0. The van der Waals surface area contributed by atoms with Gasteiger partial charge in [0.1, 0.15) is 0 Å². The van der Waals surface area contributed by atoms with E-state index >= 15 is 0 Å². The number of hydrogen-bond acceptors (Lipinski definition) is 1. The van der Waals surface area contributed by atoms with E-state index < -0.39 is 0 Å². The van der Waals surface area contributed by atoms with Crippen LogP contribution in [0.5, 0.6) is 0 Å². The Morgan fingerprint density at radius 2 is 2.13 bits per heavy atom. The molecule has 1 atom stereocenters. The third-order valence-corrected chi connectivity index (χ3v) is 3.33.